The minimum absolute atomic E-state index is 0.102. The highest BCUT2D eigenvalue weighted by molar-refractivity contribution is 5.97. The fourth-order valence-electron chi connectivity index (χ4n) is 7.67. The first-order valence-electron chi connectivity index (χ1n) is 19.9. The van der Waals surface area contributed by atoms with E-state index in [0.29, 0.717) is 19.0 Å². The number of anilines is 2. The number of ether oxygens (including phenoxy) is 2. The van der Waals surface area contributed by atoms with Gasteiger partial charge in [-0.2, -0.15) is 15.2 Å². The van der Waals surface area contributed by atoms with Crippen LogP contribution in [0, 0.1) is 17.2 Å². The van der Waals surface area contributed by atoms with E-state index in [9.17, 15) is 4.79 Å². The molecule has 0 saturated carbocycles. The van der Waals surface area contributed by atoms with Crippen molar-refractivity contribution in [2.24, 2.45) is 5.92 Å². The summed E-state index contributed by atoms with van der Waals surface area (Å²) in [7, 11) is 1.62. The number of rotatable bonds is 10. The molecule has 0 radical (unpaired) electrons. The number of fused-ring (bicyclic) bond motifs is 4. The van der Waals surface area contributed by atoms with Gasteiger partial charge in [-0.3, -0.25) is 4.90 Å². The van der Waals surface area contributed by atoms with E-state index in [1.165, 1.54) is 53.3 Å². The Morgan fingerprint density at radius 3 is 2.31 bits per heavy atom. The van der Waals surface area contributed by atoms with Gasteiger partial charge in [0.1, 0.15) is 11.4 Å². The second-order valence-corrected chi connectivity index (χ2v) is 15.5. The summed E-state index contributed by atoms with van der Waals surface area (Å²) in [6.07, 6.45) is 10.4. The lowest BCUT2D eigenvalue weighted by molar-refractivity contribution is 0.0122. The average molecular weight is 713 g/mol. The molecule has 9 heteroatoms. The molecule has 4 heterocycles. The summed E-state index contributed by atoms with van der Waals surface area (Å²) in [6.45, 7) is 19.5. The first-order chi connectivity index (χ1) is 25.0. The molecule has 6 rings (SSSR count). The molecule has 2 bridgehead atoms. The molecule has 2 unspecified atom stereocenters. The number of carbonyl (C=O) groups excluding carboxylic acids is 1. The second kappa shape index (κ2) is 19.1. The predicted molar refractivity (Wildman–Crippen MR) is 213 cm³/mol. The molecule has 3 aliphatic rings. The van der Waals surface area contributed by atoms with E-state index in [1.807, 2.05) is 39.5 Å². The molecule has 3 aromatic rings. The summed E-state index contributed by atoms with van der Waals surface area (Å²) >= 11 is 0. The van der Waals surface area contributed by atoms with E-state index in [1.54, 1.807) is 7.11 Å². The van der Waals surface area contributed by atoms with Crippen LogP contribution in [0.3, 0.4) is 0 Å². The number of unbranched alkanes of at least 4 members (excludes halogenated alkanes) is 3. The Bertz CT molecular complexity index is 1630. The maximum Gasteiger partial charge on any atom is 0.410 e. The lowest BCUT2D eigenvalue weighted by Gasteiger charge is -2.43. The third-order valence-corrected chi connectivity index (χ3v) is 10.0. The number of benzene rings is 2. The predicted octanol–water partition coefficient (Wildman–Crippen LogP) is 9.88. The summed E-state index contributed by atoms with van der Waals surface area (Å²) < 4.78 is 11.4. The van der Waals surface area contributed by atoms with Crippen LogP contribution in [0.5, 0.6) is 6.01 Å². The SMILES string of the molecule is CC.CCCCCC(C)C.COc1nc2c(c(N3CC4CCC(C3)N4C(=O)OC(C)(C)C)n1)CCN(c1cccc3cccc(CCCC#N)c13)C2. The monoisotopic (exact) mass is 713 g/mol. The number of nitrogens with zero attached hydrogens (tertiary/aromatic N) is 6. The number of hydrogen-bond donors (Lipinski definition) is 0. The smallest absolute Gasteiger partial charge is 0.410 e. The number of piperazine rings is 1. The van der Waals surface area contributed by atoms with Crippen LogP contribution < -0.4 is 14.5 Å². The van der Waals surface area contributed by atoms with E-state index < -0.39 is 5.60 Å². The number of aromatic nitrogens is 2. The number of carbonyl (C=O) groups is 1. The summed E-state index contributed by atoms with van der Waals surface area (Å²) in [4.78, 5) is 29.5. The highest BCUT2D eigenvalue weighted by Gasteiger charge is 2.45. The minimum Gasteiger partial charge on any atom is -0.467 e. The zero-order chi connectivity index (χ0) is 37.8. The fraction of sp³-hybridized carbons (Fsp3) is 0.628. The van der Waals surface area contributed by atoms with E-state index >= 15 is 0 Å². The molecule has 2 saturated heterocycles. The van der Waals surface area contributed by atoms with Gasteiger partial charge in [0.05, 0.1) is 37.5 Å². The van der Waals surface area contributed by atoms with Gasteiger partial charge in [-0.05, 0) is 75.8 Å². The Labute approximate surface area is 313 Å². The standard InChI is InChI=1S/C33H40N6O3.C8H18.C2H6/c1-33(2,3)42-32(40)39-24-14-15-25(39)20-38(19-24)30-26-16-18-37(21-27(26)35-31(36-30)41-4)28-13-8-12-23-11-7-10-22(29(23)28)9-5-6-17-34;1-4-5-6-7-8(2)3;1-2/h7-8,10-13,24-25H,5-6,9,14-16,18-21H2,1-4H3;8H,4-7H2,1-3H3;1-2H3. The van der Waals surface area contributed by atoms with Crippen molar-refractivity contribution in [1.82, 2.24) is 14.9 Å². The average Bonchev–Trinajstić information content (AvgIpc) is 3.40. The van der Waals surface area contributed by atoms with Crippen molar-refractivity contribution in [1.29, 1.82) is 5.26 Å². The van der Waals surface area contributed by atoms with Gasteiger partial charge in [0.15, 0.2) is 0 Å². The first-order valence-corrected chi connectivity index (χ1v) is 19.9. The Balaban J connectivity index is 0.000000537. The van der Waals surface area contributed by atoms with Crippen LogP contribution >= 0.6 is 0 Å². The Kier molecular flexibility index (Phi) is 15.0. The Morgan fingerprint density at radius 2 is 1.69 bits per heavy atom. The molecule has 0 aliphatic carbocycles. The van der Waals surface area contributed by atoms with Crippen molar-refractivity contribution in [2.75, 3.05) is 36.5 Å². The quantitative estimate of drug-likeness (QED) is 0.192. The normalized spacial score (nSPS) is 17.8. The topological polar surface area (TPSA) is 94.8 Å². The second-order valence-electron chi connectivity index (χ2n) is 15.5. The van der Waals surface area contributed by atoms with Crippen molar-refractivity contribution in [3.05, 3.63) is 53.2 Å². The van der Waals surface area contributed by atoms with Gasteiger partial charge in [-0.25, -0.2) is 4.79 Å². The van der Waals surface area contributed by atoms with Crippen LogP contribution in [-0.2, 0) is 24.1 Å². The third-order valence-electron chi connectivity index (χ3n) is 10.0. The summed E-state index contributed by atoms with van der Waals surface area (Å²) in [5.41, 5.74) is 4.13. The van der Waals surface area contributed by atoms with Gasteiger partial charge in [0.25, 0.3) is 0 Å². The molecule has 3 aliphatic heterocycles. The lowest BCUT2D eigenvalue weighted by Crippen LogP contribution is -2.57. The van der Waals surface area contributed by atoms with Crippen molar-refractivity contribution in [3.8, 4) is 12.1 Å². The summed E-state index contributed by atoms with van der Waals surface area (Å²) in [5.74, 6) is 1.84. The zero-order valence-corrected chi connectivity index (χ0v) is 33.5. The van der Waals surface area contributed by atoms with E-state index in [0.717, 1.165) is 69.2 Å². The molecule has 2 fully saturated rings. The Morgan fingerprint density at radius 1 is 1.00 bits per heavy atom. The third kappa shape index (κ3) is 10.3. The van der Waals surface area contributed by atoms with Crippen LogP contribution in [0.15, 0.2) is 36.4 Å². The molecule has 2 atom stereocenters. The molecule has 0 spiro atoms. The van der Waals surface area contributed by atoms with Crippen molar-refractivity contribution in [2.45, 2.75) is 144 Å². The highest BCUT2D eigenvalue weighted by atomic mass is 16.6. The number of amides is 1. The molecule has 1 amide bonds. The van der Waals surface area contributed by atoms with E-state index in [2.05, 4.69) is 73.0 Å². The summed E-state index contributed by atoms with van der Waals surface area (Å²) in [6, 6.07) is 15.8. The molecular formula is C43H64N6O3. The van der Waals surface area contributed by atoms with Crippen LogP contribution in [0.4, 0.5) is 16.3 Å². The van der Waals surface area contributed by atoms with E-state index in [4.69, 9.17) is 24.7 Å². The number of aryl methyl sites for hydroxylation is 1. The zero-order valence-electron chi connectivity index (χ0n) is 33.5. The van der Waals surface area contributed by atoms with Crippen LogP contribution in [-0.4, -0.2) is 65.4 Å². The maximum atomic E-state index is 13.0. The fourth-order valence-corrected chi connectivity index (χ4v) is 7.67. The number of hydrogen-bond acceptors (Lipinski definition) is 8. The summed E-state index contributed by atoms with van der Waals surface area (Å²) in [5, 5.41) is 11.5. The van der Waals surface area contributed by atoms with Crippen LogP contribution in [0.25, 0.3) is 10.8 Å². The molecule has 52 heavy (non-hydrogen) atoms. The van der Waals surface area contributed by atoms with Gasteiger partial charge in [0.2, 0.25) is 0 Å². The van der Waals surface area contributed by atoms with E-state index in [-0.39, 0.29) is 18.2 Å². The molecule has 284 valence electrons. The van der Waals surface area contributed by atoms with Gasteiger partial charge in [-0.1, -0.05) is 90.6 Å². The van der Waals surface area contributed by atoms with Gasteiger partial charge >= 0.3 is 12.1 Å². The van der Waals surface area contributed by atoms with Gasteiger partial charge in [-0.15, -0.1) is 0 Å². The van der Waals surface area contributed by atoms with Crippen LogP contribution in [0.2, 0.25) is 0 Å². The van der Waals surface area contributed by atoms with Crippen LogP contribution in [0.1, 0.15) is 124 Å². The maximum absolute atomic E-state index is 13.0. The molecule has 1 aromatic heterocycles. The molecular weight excluding hydrogens is 649 g/mol. The lowest BCUT2D eigenvalue weighted by atomic mass is 9.96. The largest absolute Gasteiger partial charge is 0.467 e. The van der Waals surface area contributed by atoms with Gasteiger partial charge < -0.3 is 19.3 Å². The first kappa shape index (κ1) is 40.7. The number of nitriles is 1. The highest BCUT2D eigenvalue weighted by Crippen LogP contribution is 2.39. The van der Waals surface area contributed by atoms with Crippen molar-refractivity contribution >= 4 is 28.4 Å². The van der Waals surface area contributed by atoms with Gasteiger partial charge in [0, 0.05) is 42.7 Å². The molecule has 0 N–H and O–H groups in total. The van der Waals surface area contributed by atoms with Crippen molar-refractivity contribution < 1.29 is 14.3 Å². The minimum atomic E-state index is -0.514. The molecule has 9 nitrogen and oxygen atoms in total. The Hall–Kier alpha value is -4.06. The number of methoxy groups -OCH3 is 1. The van der Waals surface area contributed by atoms with Crippen molar-refractivity contribution in [3.63, 3.8) is 0 Å². The molecule has 2 aromatic carbocycles.